The highest BCUT2D eigenvalue weighted by Crippen LogP contribution is 2.30. The number of aryl methyl sites for hydroxylation is 2. The number of fused-ring (bicyclic) bond motifs is 1. The van der Waals surface area contributed by atoms with Gasteiger partial charge in [-0.25, -0.2) is 4.79 Å². The monoisotopic (exact) mass is 471 g/mol. The van der Waals surface area contributed by atoms with Crippen LogP contribution in [-0.2, 0) is 12.8 Å². The van der Waals surface area contributed by atoms with Crippen LogP contribution in [0.2, 0.25) is 5.02 Å². The average molecular weight is 472 g/mol. The molecule has 0 saturated carbocycles. The zero-order chi connectivity index (χ0) is 22.0. The minimum absolute atomic E-state index is 0. The maximum absolute atomic E-state index is 11.2. The number of hydrogen-bond donors (Lipinski definition) is 3. The van der Waals surface area contributed by atoms with Gasteiger partial charge in [0.15, 0.2) is 0 Å². The van der Waals surface area contributed by atoms with Crippen LogP contribution >= 0.6 is 24.0 Å². The molecular weight excluding hydrogens is 445 g/mol. The molecule has 4 nitrogen and oxygen atoms in total. The molecule has 6 heteroatoms. The number of nitrogens with one attached hydrogen (secondary N) is 1. The van der Waals surface area contributed by atoms with E-state index in [-0.39, 0.29) is 12.4 Å². The number of carboxylic acids is 1. The van der Waals surface area contributed by atoms with E-state index in [1.54, 1.807) is 24.3 Å². The first-order chi connectivity index (χ1) is 14.9. The highest BCUT2D eigenvalue weighted by atomic mass is 35.5. The summed E-state index contributed by atoms with van der Waals surface area (Å²) in [6.45, 7) is 2.43. The van der Waals surface area contributed by atoms with Crippen molar-refractivity contribution in [3.05, 3.63) is 93.5 Å². The SMILES string of the molecule is Cc1cc(C(=O)O)ccc1-c1ccc2c(c1)C[C@@H](NC[C@@H](O)c1cccc(Cl)c1)CC2.Cl. The van der Waals surface area contributed by atoms with Crippen molar-refractivity contribution in [2.24, 2.45) is 0 Å². The molecule has 0 radical (unpaired) electrons. The van der Waals surface area contributed by atoms with Crippen LogP contribution in [0.3, 0.4) is 0 Å². The van der Waals surface area contributed by atoms with Gasteiger partial charge in [0.05, 0.1) is 11.7 Å². The molecule has 2 atom stereocenters. The van der Waals surface area contributed by atoms with Gasteiger partial charge in [0.25, 0.3) is 0 Å². The first-order valence-electron chi connectivity index (χ1n) is 10.5. The van der Waals surface area contributed by atoms with Crippen molar-refractivity contribution in [1.82, 2.24) is 5.32 Å². The molecule has 4 rings (SSSR count). The van der Waals surface area contributed by atoms with Crippen molar-refractivity contribution in [2.75, 3.05) is 6.54 Å². The van der Waals surface area contributed by atoms with Gasteiger partial charge in [0.1, 0.15) is 0 Å². The Morgan fingerprint density at radius 2 is 1.94 bits per heavy atom. The summed E-state index contributed by atoms with van der Waals surface area (Å²) >= 11 is 6.03. The largest absolute Gasteiger partial charge is 0.478 e. The van der Waals surface area contributed by atoms with Crippen LogP contribution in [0.1, 0.15) is 45.1 Å². The Kier molecular flexibility index (Phi) is 7.96. The van der Waals surface area contributed by atoms with Gasteiger partial charge in [-0.05, 0) is 83.8 Å². The molecule has 3 aromatic rings. The molecule has 3 N–H and O–H groups in total. The van der Waals surface area contributed by atoms with E-state index in [1.807, 2.05) is 25.1 Å². The van der Waals surface area contributed by atoms with Crippen LogP contribution in [0.15, 0.2) is 60.7 Å². The molecule has 0 bridgehead atoms. The summed E-state index contributed by atoms with van der Waals surface area (Å²) in [5, 5.41) is 23.8. The van der Waals surface area contributed by atoms with Crippen molar-refractivity contribution in [2.45, 2.75) is 38.3 Å². The van der Waals surface area contributed by atoms with Crippen LogP contribution in [0, 0.1) is 6.92 Å². The third-order valence-electron chi connectivity index (χ3n) is 6.05. The molecule has 0 heterocycles. The molecule has 1 aliphatic rings. The second-order valence-corrected chi connectivity index (χ2v) is 8.67. The third kappa shape index (κ3) is 5.51. The number of carbonyl (C=O) groups is 1. The van der Waals surface area contributed by atoms with Gasteiger partial charge in [-0.2, -0.15) is 0 Å². The lowest BCUT2D eigenvalue weighted by atomic mass is 9.85. The van der Waals surface area contributed by atoms with Crippen molar-refractivity contribution >= 4 is 30.0 Å². The van der Waals surface area contributed by atoms with E-state index in [0.717, 1.165) is 41.5 Å². The van der Waals surface area contributed by atoms with E-state index in [9.17, 15) is 15.0 Å². The fraction of sp³-hybridized carbons (Fsp3) is 0.269. The van der Waals surface area contributed by atoms with E-state index in [0.29, 0.717) is 23.2 Å². The molecule has 0 fully saturated rings. The van der Waals surface area contributed by atoms with Crippen LogP contribution in [-0.4, -0.2) is 28.8 Å². The second kappa shape index (κ2) is 10.5. The first-order valence-corrected chi connectivity index (χ1v) is 10.9. The molecule has 3 aromatic carbocycles. The van der Waals surface area contributed by atoms with Crippen LogP contribution in [0.5, 0.6) is 0 Å². The third-order valence-corrected chi connectivity index (χ3v) is 6.29. The number of aliphatic hydroxyl groups is 1. The Balaban J connectivity index is 0.00000289. The number of benzene rings is 3. The number of carboxylic acid groups (broad SMARTS) is 1. The highest BCUT2D eigenvalue weighted by molar-refractivity contribution is 6.30. The zero-order valence-electron chi connectivity index (χ0n) is 17.8. The molecule has 168 valence electrons. The van der Waals surface area contributed by atoms with Gasteiger partial charge in [0, 0.05) is 17.6 Å². The molecule has 1 aliphatic carbocycles. The number of hydrogen-bond acceptors (Lipinski definition) is 3. The van der Waals surface area contributed by atoms with Crippen LogP contribution < -0.4 is 5.32 Å². The van der Waals surface area contributed by atoms with E-state index in [4.69, 9.17) is 11.6 Å². The number of halogens is 2. The quantitative estimate of drug-likeness (QED) is 0.436. The molecular formula is C26H27Cl2NO3. The molecule has 0 spiro atoms. The topological polar surface area (TPSA) is 69.6 Å². The van der Waals surface area contributed by atoms with Gasteiger partial charge in [-0.15, -0.1) is 12.4 Å². The maximum Gasteiger partial charge on any atom is 0.335 e. The van der Waals surface area contributed by atoms with Gasteiger partial charge < -0.3 is 15.5 Å². The lowest BCUT2D eigenvalue weighted by Crippen LogP contribution is -2.37. The lowest BCUT2D eigenvalue weighted by molar-refractivity contribution is 0.0697. The van der Waals surface area contributed by atoms with Crippen LogP contribution in [0.4, 0.5) is 0 Å². The molecule has 0 aromatic heterocycles. The first kappa shape index (κ1) is 24.3. The Morgan fingerprint density at radius 3 is 2.66 bits per heavy atom. The van der Waals surface area contributed by atoms with Crippen LogP contribution in [0.25, 0.3) is 11.1 Å². The number of aliphatic hydroxyl groups excluding tert-OH is 1. The normalized spacial score (nSPS) is 16.0. The van der Waals surface area contributed by atoms with E-state index in [1.165, 1.54) is 11.1 Å². The molecule has 0 unspecified atom stereocenters. The smallest absolute Gasteiger partial charge is 0.335 e. The Labute approximate surface area is 199 Å². The summed E-state index contributed by atoms with van der Waals surface area (Å²) in [5.41, 5.74) is 6.90. The zero-order valence-corrected chi connectivity index (χ0v) is 19.4. The fourth-order valence-corrected chi connectivity index (χ4v) is 4.53. The average Bonchev–Trinajstić information content (AvgIpc) is 2.76. The van der Waals surface area contributed by atoms with E-state index < -0.39 is 12.1 Å². The van der Waals surface area contributed by atoms with Crippen molar-refractivity contribution in [1.29, 1.82) is 0 Å². The minimum Gasteiger partial charge on any atom is -0.478 e. The standard InChI is InChI=1S/C26H26ClNO3.ClH/c1-16-11-20(26(30)31)8-10-24(16)18-6-5-17-7-9-23(14-21(17)12-18)28-15-25(29)19-3-2-4-22(27)13-19;/h2-6,8,10-13,23,25,28-29H,7,9,14-15H2,1H3,(H,30,31);1H/t23-,25+;/m0./s1. The second-order valence-electron chi connectivity index (χ2n) is 8.24. The Hall–Kier alpha value is -2.37. The lowest BCUT2D eigenvalue weighted by Gasteiger charge is -2.27. The summed E-state index contributed by atoms with van der Waals surface area (Å²) in [5.74, 6) is -0.908. The predicted molar refractivity (Wildman–Crippen MR) is 131 cm³/mol. The number of aromatic carboxylic acids is 1. The molecule has 0 aliphatic heterocycles. The summed E-state index contributed by atoms with van der Waals surface area (Å²) < 4.78 is 0. The Bertz CT molecular complexity index is 1120. The summed E-state index contributed by atoms with van der Waals surface area (Å²) in [6, 6.07) is 19.4. The summed E-state index contributed by atoms with van der Waals surface area (Å²) in [6.07, 6.45) is 2.33. The van der Waals surface area contributed by atoms with Gasteiger partial charge in [-0.3, -0.25) is 0 Å². The molecule has 32 heavy (non-hydrogen) atoms. The fourth-order valence-electron chi connectivity index (χ4n) is 4.33. The van der Waals surface area contributed by atoms with Gasteiger partial charge in [0.2, 0.25) is 0 Å². The summed E-state index contributed by atoms with van der Waals surface area (Å²) in [4.78, 5) is 11.2. The highest BCUT2D eigenvalue weighted by Gasteiger charge is 2.20. The van der Waals surface area contributed by atoms with E-state index >= 15 is 0 Å². The van der Waals surface area contributed by atoms with Gasteiger partial charge in [-0.1, -0.05) is 48.0 Å². The molecule has 0 saturated heterocycles. The number of rotatable bonds is 6. The minimum atomic E-state index is -0.908. The summed E-state index contributed by atoms with van der Waals surface area (Å²) in [7, 11) is 0. The van der Waals surface area contributed by atoms with Crippen molar-refractivity contribution < 1.29 is 15.0 Å². The molecule has 0 amide bonds. The Morgan fingerprint density at radius 1 is 1.12 bits per heavy atom. The maximum atomic E-state index is 11.2. The van der Waals surface area contributed by atoms with Crippen molar-refractivity contribution in [3.8, 4) is 11.1 Å². The van der Waals surface area contributed by atoms with Gasteiger partial charge >= 0.3 is 5.97 Å². The van der Waals surface area contributed by atoms with Crippen molar-refractivity contribution in [3.63, 3.8) is 0 Å². The van der Waals surface area contributed by atoms with E-state index in [2.05, 4.69) is 23.5 Å². The predicted octanol–water partition coefficient (Wildman–Crippen LogP) is 5.62.